The van der Waals surface area contributed by atoms with Crippen molar-refractivity contribution >= 4 is 11.9 Å². The number of benzene rings is 6. The van der Waals surface area contributed by atoms with Crippen molar-refractivity contribution in [3.63, 3.8) is 0 Å². The van der Waals surface area contributed by atoms with Crippen molar-refractivity contribution in [2.24, 2.45) is 0 Å². The SMILES string of the molecule is C[NH2+]CC[C@@H](Oc1ccc(C(F)(F)F)cc1)c1ccccc1.C[NH2+]CC[C@@H](Oc1ccc(C(F)(F)F)cc1)c1ccccc1.O=C(O)c1ccccc1.O=C(O)c1ccccc1.[Cl-].[Cl-]. The van der Waals surface area contributed by atoms with E-state index in [0.29, 0.717) is 22.6 Å². The lowest BCUT2D eigenvalue weighted by atomic mass is 10.1. The molecule has 0 radical (unpaired) electrons. The predicted molar refractivity (Wildman–Crippen MR) is 224 cm³/mol. The van der Waals surface area contributed by atoms with Crippen molar-refractivity contribution in [1.82, 2.24) is 0 Å². The molecule has 64 heavy (non-hydrogen) atoms. The molecule has 0 saturated heterocycles. The minimum Gasteiger partial charge on any atom is -1.00 e. The molecule has 344 valence electrons. The fraction of sp³-hybridized carbons (Fsp3) is 0.208. The molecule has 0 aromatic heterocycles. The van der Waals surface area contributed by atoms with Crippen LogP contribution in [0, 0.1) is 0 Å². The molecule has 0 aliphatic rings. The third-order valence-electron chi connectivity index (χ3n) is 8.74. The zero-order chi connectivity index (χ0) is 45.4. The van der Waals surface area contributed by atoms with Gasteiger partial charge in [-0.25, -0.2) is 9.59 Å². The van der Waals surface area contributed by atoms with Crippen LogP contribution in [-0.4, -0.2) is 49.3 Å². The molecule has 0 amide bonds. The lowest BCUT2D eigenvalue weighted by molar-refractivity contribution is -0.628. The first-order valence-corrected chi connectivity index (χ1v) is 19.5. The molecular formula is C48H50Cl2F6N2O6. The molecule has 8 nitrogen and oxygen atoms in total. The highest BCUT2D eigenvalue weighted by atomic mass is 35.5. The summed E-state index contributed by atoms with van der Waals surface area (Å²) in [5.41, 5.74) is 1.36. The molecule has 2 atom stereocenters. The number of hydrogen-bond donors (Lipinski definition) is 4. The Bertz CT molecular complexity index is 2000. The van der Waals surface area contributed by atoms with Gasteiger partial charge in [0.05, 0.1) is 49.4 Å². The van der Waals surface area contributed by atoms with E-state index in [1.54, 1.807) is 60.7 Å². The van der Waals surface area contributed by atoms with Crippen LogP contribution in [0.5, 0.6) is 11.5 Å². The summed E-state index contributed by atoms with van der Waals surface area (Å²) in [6, 6.07) is 45.6. The fourth-order valence-corrected chi connectivity index (χ4v) is 5.49. The monoisotopic (exact) mass is 934 g/mol. The summed E-state index contributed by atoms with van der Waals surface area (Å²) in [7, 11) is 3.94. The van der Waals surface area contributed by atoms with Crippen LogP contribution in [0.2, 0.25) is 0 Å². The van der Waals surface area contributed by atoms with Gasteiger partial charge < -0.3 is 55.1 Å². The molecule has 6 rings (SSSR count). The van der Waals surface area contributed by atoms with Gasteiger partial charge in [0.1, 0.15) is 23.7 Å². The van der Waals surface area contributed by atoms with E-state index in [4.69, 9.17) is 19.7 Å². The van der Waals surface area contributed by atoms with Gasteiger partial charge in [-0.05, 0) is 83.9 Å². The Morgan fingerprint density at radius 1 is 0.469 bits per heavy atom. The number of ether oxygens (including phenoxy) is 2. The number of quaternary nitrogens is 2. The van der Waals surface area contributed by atoms with E-state index >= 15 is 0 Å². The number of halogens is 8. The van der Waals surface area contributed by atoms with E-state index in [1.807, 2.05) is 85.4 Å². The normalized spacial score (nSPS) is 11.4. The third kappa shape index (κ3) is 20.9. The first-order chi connectivity index (χ1) is 29.6. The molecule has 6 N–H and O–H groups in total. The van der Waals surface area contributed by atoms with E-state index in [-0.39, 0.29) is 37.0 Å². The molecular weight excluding hydrogens is 885 g/mol. The Morgan fingerprint density at radius 2 is 0.734 bits per heavy atom. The molecule has 0 aliphatic heterocycles. The summed E-state index contributed by atoms with van der Waals surface area (Å²) in [4.78, 5) is 20.4. The van der Waals surface area contributed by atoms with Crippen molar-refractivity contribution in [2.45, 2.75) is 37.4 Å². The predicted octanol–water partition coefficient (Wildman–Crippen LogP) is 3.60. The first kappa shape index (κ1) is 56.0. The number of hydrogen-bond acceptors (Lipinski definition) is 4. The molecule has 0 heterocycles. The van der Waals surface area contributed by atoms with Crippen LogP contribution in [0.15, 0.2) is 170 Å². The Hall–Kier alpha value is -6.06. The maximum atomic E-state index is 12.6. The van der Waals surface area contributed by atoms with E-state index in [2.05, 4.69) is 0 Å². The number of aromatic carboxylic acids is 2. The number of rotatable bonds is 14. The average molecular weight is 936 g/mol. The molecule has 0 fully saturated rings. The van der Waals surface area contributed by atoms with Gasteiger partial charge in [-0.15, -0.1) is 0 Å². The summed E-state index contributed by atoms with van der Waals surface area (Å²) in [5, 5.41) is 20.9. The Morgan fingerprint density at radius 3 is 0.953 bits per heavy atom. The summed E-state index contributed by atoms with van der Waals surface area (Å²) in [5.74, 6) is -0.873. The van der Waals surface area contributed by atoms with Gasteiger partial charge in [0.15, 0.2) is 0 Å². The highest BCUT2D eigenvalue weighted by Gasteiger charge is 2.31. The fourth-order valence-electron chi connectivity index (χ4n) is 5.49. The number of nitrogens with two attached hydrogens (primary N) is 2. The summed E-state index contributed by atoms with van der Waals surface area (Å²) >= 11 is 0. The zero-order valence-electron chi connectivity index (χ0n) is 34.9. The smallest absolute Gasteiger partial charge is 0.416 e. The minimum absolute atomic E-state index is 0. The van der Waals surface area contributed by atoms with Gasteiger partial charge in [-0.2, -0.15) is 26.3 Å². The van der Waals surface area contributed by atoms with Gasteiger partial charge in [-0.3, -0.25) is 0 Å². The highest BCUT2D eigenvalue weighted by Crippen LogP contribution is 2.33. The average Bonchev–Trinajstić information content (AvgIpc) is 3.28. The first-order valence-electron chi connectivity index (χ1n) is 19.5. The lowest BCUT2D eigenvalue weighted by Crippen LogP contribution is -3.00. The number of alkyl halides is 6. The summed E-state index contributed by atoms with van der Waals surface area (Å²) < 4.78 is 87.2. The molecule has 0 saturated carbocycles. The largest absolute Gasteiger partial charge is 1.00 e. The quantitative estimate of drug-likeness (QED) is 0.124. The minimum atomic E-state index is -4.32. The molecule has 0 unspecified atom stereocenters. The summed E-state index contributed by atoms with van der Waals surface area (Å²) in [6.45, 7) is 1.75. The lowest BCUT2D eigenvalue weighted by Gasteiger charge is -2.19. The molecule has 0 spiro atoms. The van der Waals surface area contributed by atoms with Crippen LogP contribution in [0.1, 0.15) is 68.0 Å². The maximum Gasteiger partial charge on any atom is 0.416 e. The maximum absolute atomic E-state index is 12.6. The van der Waals surface area contributed by atoms with Gasteiger partial charge >= 0.3 is 24.3 Å². The Labute approximate surface area is 381 Å². The van der Waals surface area contributed by atoms with Crippen LogP contribution in [-0.2, 0) is 12.4 Å². The number of carbonyl (C=O) groups is 2. The zero-order valence-corrected chi connectivity index (χ0v) is 36.4. The van der Waals surface area contributed by atoms with Crippen molar-refractivity contribution < 1.29 is 91.1 Å². The highest BCUT2D eigenvalue weighted by molar-refractivity contribution is 5.87. The van der Waals surface area contributed by atoms with Gasteiger partial charge in [0.25, 0.3) is 0 Å². The van der Waals surface area contributed by atoms with Crippen molar-refractivity contribution in [2.75, 3.05) is 27.2 Å². The molecule has 16 heteroatoms. The number of carboxylic acids is 2. The second kappa shape index (κ2) is 29.3. The Kier molecular flexibility index (Phi) is 25.6. The van der Waals surface area contributed by atoms with Crippen molar-refractivity contribution in [3.8, 4) is 11.5 Å². The van der Waals surface area contributed by atoms with Crippen molar-refractivity contribution in [3.05, 3.63) is 203 Å². The molecule has 0 aliphatic carbocycles. The van der Waals surface area contributed by atoms with Gasteiger partial charge in [-0.1, -0.05) is 97.1 Å². The van der Waals surface area contributed by atoms with Crippen molar-refractivity contribution in [1.29, 1.82) is 0 Å². The van der Waals surface area contributed by atoms with Crippen LogP contribution in [0.4, 0.5) is 26.3 Å². The topological polar surface area (TPSA) is 126 Å². The molecule has 6 aromatic rings. The van der Waals surface area contributed by atoms with E-state index in [0.717, 1.165) is 61.3 Å². The van der Waals surface area contributed by atoms with Crippen LogP contribution in [0.25, 0.3) is 0 Å². The van der Waals surface area contributed by atoms with E-state index < -0.39 is 35.4 Å². The van der Waals surface area contributed by atoms with E-state index in [9.17, 15) is 35.9 Å². The standard InChI is InChI=1S/2C17H18F3NO.2C7H6O2.2ClH/c2*1-21-12-11-16(13-5-3-2-4-6-13)22-15-9-7-14(8-10-15)17(18,19)20;2*8-7(9)6-4-2-1-3-5-6;;/h2*2-10,16,21H,11-12H2,1H3;2*1-5H,(H,8,9);2*1H/t2*16-;;;;/m11..../s1. The molecule has 6 aromatic carbocycles. The van der Waals surface area contributed by atoms with Crippen LogP contribution < -0.4 is 44.9 Å². The second-order valence-electron chi connectivity index (χ2n) is 13.4. The van der Waals surface area contributed by atoms with Gasteiger partial charge in [0.2, 0.25) is 0 Å². The van der Waals surface area contributed by atoms with E-state index in [1.165, 1.54) is 24.3 Å². The van der Waals surface area contributed by atoms with Crippen LogP contribution >= 0.6 is 0 Å². The third-order valence-corrected chi connectivity index (χ3v) is 8.74. The second-order valence-corrected chi connectivity index (χ2v) is 13.4. The van der Waals surface area contributed by atoms with Crippen LogP contribution in [0.3, 0.4) is 0 Å². The van der Waals surface area contributed by atoms with Gasteiger partial charge in [0, 0.05) is 12.8 Å². The Balaban J connectivity index is 0.000000455. The summed E-state index contributed by atoms with van der Waals surface area (Å²) in [6.07, 6.45) is -7.44. The molecule has 0 bridgehead atoms. The number of carboxylic acid groups (broad SMARTS) is 2.